The van der Waals surface area contributed by atoms with Crippen LogP contribution in [0.15, 0.2) is 60.4 Å². The molecular formula is C29H30FN3O3. The Bertz CT molecular complexity index is 1310. The molecular weight excluding hydrogens is 457 g/mol. The predicted molar refractivity (Wildman–Crippen MR) is 140 cm³/mol. The highest BCUT2D eigenvalue weighted by Gasteiger charge is 2.34. The van der Waals surface area contributed by atoms with Gasteiger partial charge < -0.3 is 19.6 Å². The maximum absolute atomic E-state index is 13.3. The largest absolute Gasteiger partial charge is 0.507 e. The van der Waals surface area contributed by atoms with Crippen molar-refractivity contribution in [2.75, 3.05) is 50.1 Å². The summed E-state index contributed by atoms with van der Waals surface area (Å²) < 4.78 is 19.4. The van der Waals surface area contributed by atoms with Gasteiger partial charge in [-0.25, -0.2) is 4.39 Å². The third-order valence-corrected chi connectivity index (χ3v) is 6.87. The molecule has 3 aromatic carbocycles. The second kappa shape index (κ2) is 9.66. The number of benzene rings is 3. The molecule has 1 N–H and O–H groups in total. The molecule has 0 saturated carbocycles. The third kappa shape index (κ3) is 4.66. The first-order chi connectivity index (χ1) is 17.3. The van der Waals surface area contributed by atoms with Crippen molar-refractivity contribution in [1.82, 2.24) is 4.90 Å². The van der Waals surface area contributed by atoms with Crippen molar-refractivity contribution in [1.29, 1.82) is 0 Å². The summed E-state index contributed by atoms with van der Waals surface area (Å²) in [6.45, 7) is 5.41. The van der Waals surface area contributed by atoms with Gasteiger partial charge in [-0.15, -0.1) is 0 Å². The molecule has 0 radical (unpaired) electrons. The number of carbonyl (C=O) groups excluding carboxylic acids is 1. The third-order valence-electron chi connectivity index (χ3n) is 6.87. The molecule has 3 aromatic rings. The molecule has 2 aliphatic heterocycles. The van der Waals surface area contributed by atoms with Crippen LogP contribution in [0.3, 0.4) is 0 Å². The molecule has 36 heavy (non-hydrogen) atoms. The molecule has 0 atom stereocenters. The Kier molecular flexibility index (Phi) is 6.41. The fourth-order valence-corrected chi connectivity index (χ4v) is 4.79. The number of aromatic hydroxyl groups is 1. The van der Waals surface area contributed by atoms with E-state index in [4.69, 9.17) is 4.74 Å². The van der Waals surface area contributed by atoms with E-state index in [0.717, 1.165) is 43.1 Å². The highest BCUT2D eigenvalue weighted by molar-refractivity contribution is 6.15. The van der Waals surface area contributed by atoms with E-state index >= 15 is 0 Å². The molecule has 0 spiro atoms. The predicted octanol–water partition coefficient (Wildman–Crippen LogP) is 4.84. The summed E-state index contributed by atoms with van der Waals surface area (Å²) in [4.78, 5) is 19.7. The Morgan fingerprint density at radius 2 is 1.69 bits per heavy atom. The SMILES string of the molecule is Cc1cc(O)c(CN2CCN(c3ccc(F)cc3)CC2)c2c1C(=O)/C(=C\c1ccc(N(C)C)cc1)O2. The van der Waals surface area contributed by atoms with Gasteiger partial charge >= 0.3 is 0 Å². The van der Waals surface area contributed by atoms with Gasteiger partial charge in [-0.05, 0) is 66.6 Å². The van der Waals surface area contributed by atoms with Crippen LogP contribution in [-0.2, 0) is 6.54 Å². The van der Waals surface area contributed by atoms with Crippen LogP contribution in [0.4, 0.5) is 15.8 Å². The molecule has 0 bridgehead atoms. The smallest absolute Gasteiger partial charge is 0.232 e. The van der Waals surface area contributed by atoms with Crippen molar-refractivity contribution < 1.29 is 19.0 Å². The Morgan fingerprint density at radius 1 is 1.03 bits per heavy atom. The van der Waals surface area contributed by atoms with Crippen molar-refractivity contribution in [3.8, 4) is 11.5 Å². The van der Waals surface area contributed by atoms with Gasteiger partial charge in [0.25, 0.3) is 0 Å². The Morgan fingerprint density at radius 3 is 2.33 bits per heavy atom. The maximum atomic E-state index is 13.3. The minimum Gasteiger partial charge on any atom is -0.507 e. The molecule has 0 amide bonds. The lowest BCUT2D eigenvalue weighted by Crippen LogP contribution is -2.46. The highest BCUT2D eigenvalue weighted by Crippen LogP contribution is 2.42. The number of phenols is 1. The summed E-state index contributed by atoms with van der Waals surface area (Å²) in [7, 11) is 3.96. The number of ketones is 1. The first-order valence-corrected chi connectivity index (χ1v) is 12.1. The van der Waals surface area contributed by atoms with Crippen molar-refractivity contribution in [2.45, 2.75) is 13.5 Å². The molecule has 0 aliphatic carbocycles. The van der Waals surface area contributed by atoms with E-state index in [1.54, 1.807) is 24.3 Å². The molecule has 0 unspecified atom stereocenters. The van der Waals surface area contributed by atoms with E-state index < -0.39 is 0 Å². The number of phenolic OH excluding ortho intramolecular Hbond substituents is 1. The zero-order chi connectivity index (χ0) is 25.4. The summed E-state index contributed by atoms with van der Waals surface area (Å²) in [5.74, 6) is 0.445. The minimum absolute atomic E-state index is 0.136. The normalized spacial score (nSPS) is 16.8. The highest BCUT2D eigenvalue weighted by atomic mass is 19.1. The van der Waals surface area contributed by atoms with Crippen LogP contribution in [0, 0.1) is 12.7 Å². The summed E-state index contributed by atoms with van der Waals surface area (Å²) >= 11 is 0. The molecule has 7 heteroatoms. The fourth-order valence-electron chi connectivity index (χ4n) is 4.79. The zero-order valence-electron chi connectivity index (χ0n) is 20.8. The van der Waals surface area contributed by atoms with Gasteiger partial charge in [0.15, 0.2) is 5.76 Å². The number of carbonyl (C=O) groups is 1. The standard InChI is InChI=1S/C29H30FN3O3/c1-19-16-25(34)24(18-32-12-14-33(15-13-32)23-10-6-21(30)7-11-23)29-27(19)28(35)26(36-29)17-20-4-8-22(9-5-20)31(2)3/h4-11,16-17,34H,12-15,18H2,1-3H3/b26-17+. The Hall–Kier alpha value is -3.84. The van der Waals surface area contributed by atoms with Crippen LogP contribution in [0.25, 0.3) is 6.08 Å². The maximum Gasteiger partial charge on any atom is 0.232 e. The quantitative estimate of drug-likeness (QED) is 0.520. The number of rotatable bonds is 5. The summed E-state index contributed by atoms with van der Waals surface area (Å²) in [5, 5.41) is 10.8. The number of Topliss-reactive ketones (excluding diaryl/α,β-unsaturated/α-hetero) is 1. The lowest BCUT2D eigenvalue weighted by molar-refractivity contribution is 0.101. The first-order valence-electron chi connectivity index (χ1n) is 12.1. The zero-order valence-corrected chi connectivity index (χ0v) is 20.8. The number of aryl methyl sites for hydroxylation is 1. The van der Waals surface area contributed by atoms with Gasteiger partial charge in [0, 0.05) is 58.2 Å². The monoisotopic (exact) mass is 487 g/mol. The molecule has 2 heterocycles. The number of fused-ring (bicyclic) bond motifs is 1. The van der Waals surface area contributed by atoms with Crippen LogP contribution in [0.1, 0.15) is 27.0 Å². The number of halogens is 1. The molecule has 186 valence electrons. The summed E-state index contributed by atoms with van der Waals surface area (Å²) in [6, 6.07) is 16.1. The van der Waals surface area contributed by atoms with Crippen LogP contribution in [-0.4, -0.2) is 56.1 Å². The van der Waals surface area contributed by atoms with Crippen molar-refractivity contribution in [3.05, 3.63) is 88.4 Å². The van der Waals surface area contributed by atoms with Gasteiger partial charge in [-0.2, -0.15) is 0 Å². The van der Waals surface area contributed by atoms with Crippen LogP contribution in [0.2, 0.25) is 0 Å². The van der Waals surface area contributed by atoms with Crippen LogP contribution < -0.4 is 14.5 Å². The number of hydrogen-bond acceptors (Lipinski definition) is 6. The van der Waals surface area contributed by atoms with Gasteiger partial charge in [-0.3, -0.25) is 9.69 Å². The Balaban J connectivity index is 1.34. The first kappa shape index (κ1) is 23.9. The molecule has 2 aliphatic rings. The van der Waals surface area contributed by atoms with Crippen LogP contribution >= 0.6 is 0 Å². The summed E-state index contributed by atoms with van der Waals surface area (Å²) in [6.07, 6.45) is 1.75. The van der Waals surface area contributed by atoms with Gasteiger partial charge in [-0.1, -0.05) is 12.1 Å². The molecule has 6 nitrogen and oxygen atoms in total. The van der Waals surface area contributed by atoms with E-state index in [9.17, 15) is 14.3 Å². The molecule has 1 saturated heterocycles. The fraction of sp³-hybridized carbons (Fsp3) is 0.276. The second-order valence-corrected chi connectivity index (χ2v) is 9.56. The molecule has 5 rings (SSSR count). The molecule has 0 aromatic heterocycles. The number of ether oxygens (including phenoxy) is 1. The lowest BCUT2D eigenvalue weighted by atomic mass is 9.99. The summed E-state index contributed by atoms with van der Waals surface area (Å²) in [5.41, 5.74) is 4.79. The average molecular weight is 488 g/mol. The van der Waals surface area contributed by atoms with Gasteiger partial charge in [0.05, 0.1) is 11.1 Å². The van der Waals surface area contributed by atoms with Crippen molar-refractivity contribution >= 4 is 23.2 Å². The number of anilines is 2. The van der Waals surface area contributed by atoms with Crippen molar-refractivity contribution in [3.63, 3.8) is 0 Å². The van der Waals surface area contributed by atoms with E-state index in [2.05, 4.69) is 9.80 Å². The number of hydrogen-bond donors (Lipinski definition) is 1. The van der Waals surface area contributed by atoms with Crippen molar-refractivity contribution in [2.24, 2.45) is 0 Å². The minimum atomic E-state index is -0.241. The van der Waals surface area contributed by atoms with E-state index in [1.807, 2.05) is 50.2 Å². The average Bonchev–Trinajstić information content (AvgIpc) is 3.19. The van der Waals surface area contributed by atoms with E-state index in [-0.39, 0.29) is 23.1 Å². The van der Waals surface area contributed by atoms with Gasteiger partial charge in [0.1, 0.15) is 17.3 Å². The topological polar surface area (TPSA) is 56.2 Å². The van der Waals surface area contributed by atoms with Crippen LogP contribution in [0.5, 0.6) is 11.5 Å². The lowest BCUT2D eigenvalue weighted by Gasteiger charge is -2.36. The molecule has 1 fully saturated rings. The number of piperazine rings is 1. The van der Waals surface area contributed by atoms with E-state index in [1.165, 1.54) is 12.1 Å². The number of nitrogens with zero attached hydrogens (tertiary/aromatic N) is 3. The van der Waals surface area contributed by atoms with Gasteiger partial charge in [0.2, 0.25) is 5.78 Å². The number of allylic oxidation sites excluding steroid dienone is 1. The van der Waals surface area contributed by atoms with E-state index in [0.29, 0.717) is 29.0 Å². The Labute approximate surface area is 210 Å². The second-order valence-electron chi connectivity index (χ2n) is 9.56.